The zero-order chi connectivity index (χ0) is 12.0. The Labute approximate surface area is 90.8 Å². The number of halogens is 2. The lowest BCUT2D eigenvalue weighted by atomic mass is 10.3. The van der Waals surface area contributed by atoms with E-state index in [-0.39, 0.29) is 18.9 Å². The van der Waals surface area contributed by atoms with Crippen LogP contribution >= 0.6 is 0 Å². The van der Waals surface area contributed by atoms with E-state index in [2.05, 4.69) is 5.32 Å². The van der Waals surface area contributed by atoms with Crippen molar-refractivity contribution >= 4 is 5.91 Å². The molecule has 2 N–H and O–H groups in total. The molecule has 0 spiro atoms. The maximum absolute atomic E-state index is 13.0. The highest BCUT2D eigenvalue weighted by Gasteiger charge is 2.07. The van der Waals surface area contributed by atoms with Crippen LogP contribution in [0.3, 0.4) is 0 Å². The molecule has 0 radical (unpaired) electrons. The molecule has 0 aliphatic heterocycles. The molecule has 0 aliphatic carbocycles. The summed E-state index contributed by atoms with van der Waals surface area (Å²) < 4.78 is 30.5. The minimum Gasteiger partial charge on any atom is -0.481 e. The van der Waals surface area contributed by atoms with Crippen molar-refractivity contribution in [2.45, 2.75) is 0 Å². The number of aliphatic hydroxyl groups is 1. The van der Waals surface area contributed by atoms with Crippen LogP contribution in [0.25, 0.3) is 0 Å². The summed E-state index contributed by atoms with van der Waals surface area (Å²) in [6, 6.07) is 2.72. The molecular weight excluding hydrogens is 220 g/mol. The molecule has 0 saturated heterocycles. The number of nitrogens with one attached hydrogen (secondary N) is 1. The molecule has 0 unspecified atom stereocenters. The van der Waals surface area contributed by atoms with Gasteiger partial charge in [0, 0.05) is 12.6 Å². The van der Waals surface area contributed by atoms with Crippen LogP contribution in [-0.2, 0) is 4.79 Å². The first-order valence-corrected chi connectivity index (χ1v) is 4.59. The molecule has 0 fully saturated rings. The topological polar surface area (TPSA) is 58.6 Å². The standard InChI is InChI=1S/C10H11F2NO3/c11-7-1-2-8(12)9(5-7)16-6-10(15)13-3-4-14/h1-2,5,14H,3-4,6H2,(H,13,15). The molecule has 0 saturated carbocycles. The van der Waals surface area contributed by atoms with Gasteiger partial charge >= 0.3 is 0 Å². The number of hydrogen-bond donors (Lipinski definition) is 2. The van der Waals surface area contributed by atoms with Crippen LogP contribution in [0.15, 0.2) is 18.2 Å². The number of aliphatic hydroxyl groups excluding tert-OH is 1. The number of carbonyl (C=O) groups is 1. The molecule has 16 heavy (non-hydrogen) atoms. The molecule has 88 valence electrons. The summed E-state index contributed by atoms with van der Waals surface area (Å²) in [4.78, 5) is 11.0. The predicted molar refractivity (Wildman–Crippen MR) is 51.9 cm³/mol. The smallest absolute Gasteiger partial charge is 0.258 e. The second kappa shape index (κ2) is 6.02. The fourth-order valence-electron chi connectivity index (χ4n) is 0.977. The molecule has 0 aromatic heterocycles. The van der Waals surface area contributed by atoms with E-state index in [9.17, 15) is 13.6 Å². The summed E-state index contributed by atoms with van der Waals surface area (Å²) in [5.41, 5.74) is 0. The van der Waals surface area contributed by atoms with Crippen LogP contribution in [0.2, 0.25) is 0 Å². The average Bonchev–Trinajstić information content (AvgIpc) is 2.27. The van der Waals surface area contributed by atoms with Crippen molar-refractivity contribution in [2.75, 3.05) is 19.8 Å². The third kappa shape index (κ3) is 3.82. The molecular formula is C10H11F2NO3. The van der Waals surface area contributed by atoms with E-state index in [1.165, 1.54) is 0 Å². The molecule has 1 amide bonds. The maximum atomic E-state index is 13.0. The fourth-order valence-corrected chi connectivity index (χ4v) is 0.977. The zero-order valence-corrected chi connectivity index (χ0v) is 8.37. The van der Waals surface area contributed by atoms with Crippen molar-refractivity contribution in [3.05, 3.63) is 29.8 Å². The van der Waals surface area contributed by atoms with Gasteiger partial charge in [0.1, 0.15) is 5.82 Å². The van der Waals surface area contributed by atoms with Crippen LogP contribution in [-0.4, -0.2) is 30.8 Å². The first kappa shape index (κ1) is 12.4. The Bertz CT molecular complexity index is 371. The predicted octanol–water partition coefficient (Wildman–Crippen LogP) is 0.452. The molecule has 0 aliphatic rings. The van der Waals surface area contributed by atoms with Gasteiger partial charge in [-0.25, -0.2) is 8.78 Å². The lowest BCUT2D eigenvalue weighted by Gasteiger charge is -2.07. The molecule has 1 rings (SSSR count). The lowest BCUT2D eigenvalue weighted by Crippen LogP contribution is -2.31. The van der Waals surface area contributed by atoms with Crippen molar-refractivity contribution < 1.29 is 23.4 Å². The van der Waals surface area contributed by atoms with Gasteiger partial charge in [-0.1, -0.05) is 0 Å². The van der Waals surface area contributed by atoms with E-state index in [0.29, 0.717) is 0 Å². The number of rotatable bonds is 5. The Hall–Kier alpha value is -1.69. The van der Waals surface area contributed by atoms with Crippen molar-refractivity contribution in [3.63, 3.8) is 0 Å². The normalized spacial score (nSPS) is 9.94. The van der Waals surface area contributed by atoms with E-state index >= 15 is 0 Å². The maximum Gasteiger partial charge on any atom is 0.258 e. The van der Waals surface area contributed by atoms with Gasteiger partial charge in [-0.15, -0.1) is 0 Å². The van der Waals surface area contributed by atoms with Crippen LogP contribution < -0.4 is 10.1 Å². The van der Waals surface area contributed by atoms with Crippen LogP contribution in [0.4, 0.5) is 8.78 Å². The Morgan fingerprint density at radius 1 is 1.44 bits per heavy atom. The lowest BCUT2D eigenvalue weighted by molar-refractivity contribution is -0.123. The Balaban J connectivity index is 2.47. The van der Waals surface area contributed by atoms with E-state index in [1.807, 2.05) is 0 Å². The van der Waals surface area contributed by atoms with Gasteiger partial charge in [0.05, 0.1) is 6.61 Å². The zero-order valence-electron chi connectivity index (χ0n) is 8.37. The Kier molecular flexibility index (Phi) is 4.65. The molecule has 0 heterocycles. The average molecular weight is 231 g/mol. The highest BCUT2D eigenvalue weighted by atomic mass is 19.1. The fraction of sp³-hybridized carbons (Fsp3) is 0.300. The van der Waals surface area contributed by atoms with E-state index in [4.69, 9.17) is 9.84 Å². The minimum absolute atomic E-state index is 0.0911. The summed E-state index contributed by atoms with van der Waals surface area (Å²) in [7, 11) is 0. The van der Waals surface area contributed by atoms with Gasteiger partial charge in [0.2, 0.25) is 0 Å². The second-order valence-electron chi connectivity index (χ2n) is 2.94. The summed E-state index contributed by atoms with van der Waals surface area (Å²) in [5.74, 6) is -2.22. The van der Waals surface area contributed by atoms with Crippen molar-refractivity contribution in [2.24, 2.45) is 0 Å². The first-order valence-electron chi connectivity index (χ1n) is 4.59. The Morgan fingerprint density at radius 3 is 2.88 bits per heavy atom. The first-order chi connectivity index (χ1) is 7.63. The molecule has 4 nitrogen and oxygen atoms in total. The number of benzene rings is 1. The summed E-state index contributed by atoms with van der Waals surface area (Å²) in [6.45, 7) is -0.533. The van der Waals surface area contributed by atoms with Crippen LogP contribution in [0.1, 0.15) is 0 Å². The van der Waals surface area contributed by atoms with Crippen molar-refractivity contribution in [1.82, 2.24) is 5.32 Å². The molecule has 1 aromatic carbocycles. The van der Waals surface area contributed by atoms with Gasteiger partial charge in [-0.2, -0.15) is 0 Å². The van der Waals surface area contributed by atoms with Gasteiger partial charge in [0.25, 0.3) is 5.91 Å². The Morgan fingerprint density at radius 2 is 2.19 bits per heavy atom. The molecule has 1 aromatic rings. The third-order valence-electron chi connectivity index (χ3n) is 1.69. The highest BCUT2D eigenvalue weighted by Crippen LogP contribution is 2.17. The van der Waals surface area contributed by atoms with E-state index < -0.39 is 24.1 Å². The van der Waals surface area contributed by atoms with Gasteiger partial charge in [0.15, 0.2) is 18.2 Å². The molecule has 6 heteroatoms. The summed E-state index contributed by atoms with van der Waals surface area (Å²) in [6.07, 6.45) is 0. The van der Waals surface area contributed by atoms with Crippen molar-refractivity contribution in [1.29, 1.82) is 0 Å². The van der Waals surface area contributed by atoms with E-state index in [0.717, 1.165) is 18.2 Å². The number of amides is 1. The molecule has 0 atom stereocenters. The highest BCUT2D eigenvalue weighted by molar-refractivity contribution is 5.77. The second-order valence-corrected chi connectivity index (χ2v) is 2.94. The van der Waals surface area contributed by atoms with E-state index in [1.54, 1.807) is 0 Å². The number of ether oxygens (including phenoxy) is 1. The quantitative estimate of drug-likeness (QED) is 0.773. The molecule has 0 bridgehead atoms. The number of hydrogen-bond acceptors (Lipinski definition) is 3. The number of carbonyl (C=O) groups excluding carboxylic acids is 1. The van der Waals surface area contributed by atoms with Crippen LogP contribution in [0, 0.1) is 11.6 Å². The summed E-state index contributed by atoms with van der Waals surface area (Å²) >= 11 is 0. The SMILES string of the molecule is O=C(COc1cc(F)ccc1F)NCCO. The van der Waals surface area contributed by atoms with Gasteiger partial charge in [-0.05, 0) is 12.1 Å². The summed E-state index contributed by atoms with van der Waals surface area (Å²) in [5, 5.41) is 10.7. The van der Waals surface area contributed by atoms with Crippen LogP contribution in [0.5, 0.6) is 5.75 Å². The largest absolute Gasteiger partial charge is 0.481 e. The third-order valence-corrected chi connectivity index (χ3v) is 1.69. The minimum atomic E-state index is -0.739. The van der Waals surface area contributed by atoms with Crippen molar-refractivity contribution in [3.8, 4) is 5.75 Å². The van der Waals surface area contributed by atoms with Gasteiger partial charge < -0.3 is 15.2 Å². The monoisotopic (exact) mass is 231 g/mol. The van der Waals surface area contributed by atoms with Gasteiger partial charge in [-0.3, -0.25) is 4.79 Å².